The Bertz CT molecular complexity index is 444. The predicted molar refractivity (Wildman–Crippen MR) is 80.4 cm³/mol. The molecule has 0 unspecified atom stereocenters. The highest BCUT2D eigenvalue weighted by Crippen LogP contribution is 2.32. The summed E-state index contributed by atoms with van der Waals surface area (Å²) in [5.74, 6) is 0.951. The van der Waals surface area contributed by atoms with Gasteiger partial charge in [0.15, 0.2) is 0 Å². The first-order valence-electron chi connectivity index (χ1n) is 7.71. The van der Waals surface area contributed by atoms with Crippen LogP contribution >= 0.6 is 0 Å². The van der Waals surface area contributed by atoms with E-state index in [1.807, 2.05) is 12.1 Å². The number of ether oxygens (including phenoxy) is 1. The average molecular weight is 276 g/mol. The van der Waals surface area contributed by atoms with E-state index < -0.39 is 0 Å². The first-order chi connectivity index (χ1) is 9.86. The maximum atomic E-state index is 9.29. The van der Waals surface area contributed by atoms with Crippen molar-refractivity contribution in [2.75, 3.05) is 44.2 Å². The van der Waals surface area contributed by atoms with Crippen LogP contribution in [0.5, 0.6) is 5.75 Å². The number of anilines is 1. The minimum Gasteiger partial charge on any atom is -0.490 e. The smallest absolute Gasteiger partial charge is 0.142 e. The van der Waals surface area contributed by atoms with Crippen LogP contribution < -0.4 is 9.64 Å². The highest BCUT2D eigenvalue weighted by Gasteiger charge is 2.19. The van der Waals surface area contributed by atoms with Gasteiger partial charge in [-0.05, 0) is 43.6 Å². The summed E-state index contributed by atoms with van der Waals surface area (Å²) >= 11 is 0. The molecule has 3 rings (SSSR count). The van der Waals surface area contributed by atoms with Gasteiger partial charge in [0, 0.05) is 13.1 Å². The monoisotopic (exact) mass is 276 g/mol. The number of piperidine rings is 1. The fraction of sp³-hybridized carbons (Fsp3) is 0.625. The van der Waals surface area contributed by atoms with Crippen molar-refractivity contribution in [2.24, 2.45) is 0 Å². The summed E-state index contributed by atoms with van der Waals surface area (Å²) < 4.78 is 5.71. The van der Waals surface area contributed by atoms with Gasteiger partial charge in [-0.25, -0.2) is 0 Å². The molecule has 110 valence electrons. The zero-order valence-electron chi connectivity index (χ0n) is 12.1. The lowest BCUT2D eigenvalue weighted by Crippen LogP contribution is -2.41. The molecule has 2 aliphatic rings. The van der Waals surface area contributed by atoms with Crippen molar-refractivity contribution in [3.8, 4) is 5.75 Å². The average Bonchev–Trinajstić information content (AvgIpc) is 2.53. The molecule has 0 radical (unpaired) electrons. The number of hydrogen-bond donors (Lipinski definition) is 1. The minimum absolute atomic E-state index is 0.0905. The number of benzene rings is 1. The van der Waals surface area contributed by atoms with Crippen LogP contribution in [-0.2, 0) is 6.61 Å². The Labute approximate surface area is 120 Å². The van der Waals surface area contributed by atoms with Gasteiger partial charge in [-0.3, -0.25) is 0 Å². The van der Waals surface area contributed by atoms with Crippen molar-refractivity contribution in [3.63, 3.8) is 0 Å². The zero-order chi connectivity index (χ0) is 13.8. The fourth-order valence-corrected chi connectivity index (χ4v) is 3.09. The van der Waals surface area contributed by atoms with Crippen LogP contribution in [0, 0.1) is 0 Å². The Kier molecular flexibility index (Phi) is 4.43. The number of hydrogen-bond acceptors (Lipinski definition) is 4. The molecule has 2 aliphatic heterocycles. The second-order valence-corrected chi connectivity index (χ2v) is 5.70. The van der Waals surface area contributed by atoms with Crippen molar-refractivity contribution >= 4 is 5.69 Å². The number of rotatable bonds is 4. The summed E-state index contributed by atoms with van der Waals surface area (Å²) in [7, 11) is 0. The first-order valence-corrected chi connectivity index (χ1v) is 7.71. The molecule has 2 heterocycles. The molecule has 0 amide bonds. The second kappa shape index (κ2) is 6.46. The molecule has 0 spiro atoms. The zero-order valence-corrected chi connectivity index (χ0v) is 12.1. The van der Waals surface area contributed by atoms with Gasteiger partial charge in [0.05, 0.1) is 18.8 Å². The van der Waals surface area contributed by atoms with Crippen LogP contribution in [0.1, 0.15) is 24.8 Å². The Morgan fingerprint density at radius 2 is 1.90 bits per heavy atom. The van der Waals surface area contributed by atoms with Gasteiger partial charge in [-0.2, -0.15) is 0 Å². The van der Waals surface area contributed by atoms with E-state index in [1.54, 1.807) is 0 Å². The van der Waals surface area contributed by atoms with Crippen LogP contribution in [0.3, 0.4) is 0 Å². The molecule has 4 heteroatoms. The molecular formula is C16H24N2O2. The Balaban J connectivity index is 1.65. The molecule has 0 atom stereocenters. The number of nitrogens with zero attached hydrogens (tertiary/aromatic N) is 2. The quantitative estimate of drug-likeness (QED) is 0.910. The van der Waals surface area contributed by atoms with Gasteiger partial charge in [-0.15, -0.1) is 0 Å². The lowest BCUT2D eigenvalue weighted by molar-refractivity contribution is 0.229. The van der Waals surface area contributed by atoms with Gasteiger partial charge in [0.2, 0.25) is 0 Å². The van der Waals surface area contributed by atoms with Crippen molar-refractivity contribution < 1.29 is 9.84 Å². The predicted octanol–water partition coefficient (Wildman–Crippen LogP) is 1.86. The van der Waals surface area contributed by atoms with Gasteiger partial charge in [-0.1, -0.05) is 12.5 Å². The molecule has 1 N–H and O–H groups in total. The highest BCUT2D eigenvalue weighted by atomic mass is 16.5. The normalized spacial score (nSPS) is 19.6. The van der Waals surface area contributed by atoms with Crippen molar-refractivity contribution in [3.05, 3.63) is 23.8 Å². The topological polar surface area (TPSA) is 35.9 Å². The third-order valence-electron chi connectivity index (χ3n) is 4.30. The fourth-order valence-electron chi connectivity index (χ4n) is 3.09. The van der Waals surface area contributed by atoms with Crippen LogP contribution in [0.4, 0.5) is 5.69 Å². The lowest BCUT2D eigenvalue weighted by atomic mass is 10.1. The minimum atomic E-state index is 0.0905. The number of likely N-dealkylation sites (tertiary alicyclic amines) is 1. The van der Waals surface area contributed by atoms with E-state index in [1.165, 1.54) is 32.4 Å². The van der Waals surface area contributed by atoms with E-state index in [4.69, 9.17) is 4.74 Å². The standard InChI is InChI=1S/C16H24N2O2/c19-13-14-4-5-16-15(12-14)18(10-11-20-16)9-8-17-6-2-1-3-7-17/h4-5,12,19H,1-3,6-11,13H2. The molecule has 1 saturated heterocycles. The third-order valence-corrected chi connectivity index (χ3v) is 4.30. The summed E-state index contributed by atoms with van der Waals surface area (Å²) in [5, 5.41) is 9.29. The molecule has 0 bridgehead atoms. The molecule has 1 aromatic rings. The maximum absolute atomic E-state index is 9.29. The molecule has 0 aromatic heterocycles. The van der Waals surface area contributed by atoms with Gasteiger partial charge < -0.3 is 19.6 Å². The van der Waals surface area contributed by atoms with Gasteiger partial charge >= 0.3 is 0 Å². The maximum Gasteiger partial charge on any atom is 0.142 e. The first kappa shape index (κ1) is 13.7. The van der Waals surface area contributed by atoms with Crippen LogP contribution in [0.15, 0.2) is 18.2 Å². The molecule has 0 saturated carbocycles. The SMILES string of the molecule is OCc1ccc2c(c1)N(CCN1CCCCC1)CCO2. The third kappa shape index (κ3) is 3.07. The summed E-state index contributed by atoms with van der Waals surface area (Å²) in [6.45, 7) is 6.45. The summed E-state index contributed by atoms with van der Waals surface area (Å²) in [4.78, 5) is 4.96. The van der Waals surface area contributed by atoms with E-state index in [-0.39, 0.29) is 6.61 Å². The van der Waals surface area contributed by atoms with Crippen LogP contribution in [0.2, 0.25) is 0 Å². The number of aliphatic hydroxyl groups is 1. The summed E-state index contributed by atoms with van der Waals surface area (Å²) in [6.07, 6.45) is 4.07. The molecular weight excluding hydrogens is 252 g/mol. The van der Waals surface area contributed by atoms with E-state index in [9.17, 15) is 5.11 Å². The Morgan fingerprint density at radius 3 is 2.70 bits per heavy atom. The van der Waals surface area contributed by atoms with Crippen LogP contribution in [-0.4, -0.2) is 49.3 Å². The number of aliphatic hydroxyl groups excluding tert-OH is 1. The molecule has 20 heavy (non-hydrogen) atoms. The summed E-state index contributed by atoms with van der Waals surface area (Å²) in [5.41, 5.74) is 2.09. The Hall–Kier alpha value is -1.26. The van der Waals surface area contributed by atoms with Gasteiger partial charge in [0.25, 0.3) is 0 Å². The van der Waals surface area contributed by atoms with E-state index in [0.717, 1.165) is 43.2 Å². The van der Waals surface area contributed by atoms with Crippen molar-refractivity contribution in [2.45, 2.75) is 25.9 Å². The highest BCUT2D eigenvalue weighted by molar-refractivity contribution is 5.61. The molecule has 1 fully saturated rings. The molecule has 1 aromatic carbocycles. The van der Waals surface area contributed by atoms with Gasteiger partial charge in [0.1, 0.15) is 12.4 Å². The number of fused-ring (bicyclic) bond motifs is 1. The van der Waals surface area contributed by atoms with E-state index in [0.29, 0.717) is 0 Å². The molecule has 4 nitrogen and oxygen atoms in total. The van der Waals surface area contributed by atoms with Crippen molar-refractivity contribution in [1.82, 2.24) is 4.90 Å². The van der Waals surface area contributed by atoms with Crippen molar-refractivity contribution in [1.29, 1.82) is 0 Å². The lowest BCUT2D eigenvalue weighted by Gasteiger charge is -2.34. The summed E-state index contributed by atoms with van der Waals surface area (Å²) in [6, 6.07) is 5.98. The van der Waals surface area contributed by atoms with E-state index in [2.05, 4.69) is 15.9 Å². The second-order valence-electron chi connectivity index (χ2n) is 5.70. The molecule has 0 aliphatic carbocycles. The largest absolute Gasteiger partial charge is 0.490 e. The van der Waals surface area contributed by atoms with Crippen LogP contribution in [0.25, 0.3) is 0 Å². The Morgan fingerprint density at radius 1 is 1.05 bits per heavy atom. The van der Waals surface area contributed by atoms with E-state index >= 15 is 0 Å².